The van der Waals surface area contributed by atoms with Gasteiger partial charge in [0.2, 0.25) is 0 Å². The molecule has 91 heteroatoms. The number of nitriles is 1. The SMILES string of the molecule is CC#N.ClC(Cl)Cl.ClC(Cl)Cl.ClC(Cl)Cl.ClC(Cl)Cl.ClC(Cl)Cl.ClC(Cl)Cl.ClC(Cl)Cl.ClC(Cl)Cl.ClC(Cl)Cl.ClC(Cl)Cl.ClC(Cl)Cl.ClC(Cl)Cl.ClC(Cl)Cl.ClC(Cl)Cl.ClC(Cl)Cl.ClC(Cl)Cl.ClC(Cl)Cl.ClC(Cl)Cl.ClC(Cl)Cl.ClC(Cl)Cl.ClC(Cl)Cl.ClC(Cl)Cl.ClC(Cl)Cl.ClC(Cl)Cl.ClC(Cl)Cl.ClC(Cl)Cl.ClC(Cl)Cl.ClC(Cl)Cl.ClC(Cl)Cl.ClC(Cl)Cl. The lowest BCUT2D eigenvalue weighted by Crippen LogP contribution is -1.55. The highest BCUT2D eigenvalue weighted by molar-refractivity contribution is 6.74. The van der Waals surface area contributed by atoms with E-state index in [9.17, 15) is 0 Å². The lowest BCUT2D eigenvalue weighted by molar-refractivity contribution is 1.49. The maximum atomic E-state index is 7.32. The van der Waals surface area contributed by atoms with Crippen LogP contribution in [0.25, 0.3) is 0 Å². The van der Waals surface area contributed by atoms with Crippen molar-refractivity contribution in [3.05, 3.63) is 0 Å². The van der Waals surface area contributed by atoms with E-state index in [1.807, 2.05) is 0 Å². The van der Waals surface area contributed by atoms with Gasteiger partial charge in [0.15, 0.2) is 129 Å². The molecule has 0 saturated carbocycles. The van der Waals surface area contributed by atoms with Crippen molar-refractivity contribution in [1.29, 1.82) is 5.26 Å². The number of nitrogens with zero attached hydrogens (tertiary/aromatic N) is 1. The monoisotopic (exact) mass is 3580 g/mol. The molecule has 0 saturated heterocycles. The number of hydrogen-bond acceptors (Lipinski definition) is 1. The van der Waals surface area contributed by atoms with Crippen LogP contribution in [0.3, 0.4) is 0 Å². The summed E-state index contributed by atoms with van der Waals surface area (Å²) in [6, 6.07) is 1.75. The molecule has 0 rings (SSSR count). The van der Waals surface area contributed by atoms with Crippen LogP contribution in [-0.4, -0.2) is 129 Å². The lowest BCUT2D eigenvalue weighted by atomic mass is 11.0. The largest absolute Gasteiger partial charge is 0.199 e. The van der Waals surface area contributed by atoms with Crippen molar-refractivity contribution >= 4 is 1040 Å². The Morgan fingerprint density at radius 3 is 0.0813 bits per heavy atom. The van der Waals surface area contributed by atoms with Crippen LogP contribution in [0.5, 0.6) is 0 Å². The quantitative estimate of drug-likeness (QED) is 0.222. The summed E-state index contributed by atoms with van der Waals surface area (Å²) in [5, 5.41) is 7.32. The first-order chi connectivity index (χ1) is 53.4. The van der Waals surface area contributed by atoms with E-state index in [0.29, 0.717) is 0 Å². The second kappa shape index (κ2) is 233. The molecule has 0 aliphatic rings. The van der Waals surface area contributed by atoms with Crippen molar-refractivity contribution in [3.63, 3.8) is 0 Å². The summed E-state index contributed by atoms with van der Waals surface area (Å²) in [4.78, 5) is 0. The van der Waals surface area contributed by atoms with Crippen LogP contribution in [0.4, 0.5) is 0 Å². The highest BCUT2D eigenvalue weighted by atomic mass is 35.7. The molecule has 0 amide bonds. The van der Waals surface area contributed by atoms with Gasteiger partial charge in [0.05, 0.1) is 6.07 Å². The lowest BCUT2D eigenvalue weighted by Gasteiger charge is -1.69. The minimum Gasteiger partial charge on any atom is -0.199 e. The second-order valence-electron chi connectivity index (χ2n) is 7.65. The van der Waals surface area contributed by atoms with Gasteiger partial charge in [0.25, 0.3) is 0 Å². The van der Waals surface area contributed by atoms with Gasteiger partial charge in [0.1, 0.15) is 0 Å². The van der Waals surface area contributed by atoms with Crippen LogP contribution >= 0.6 is 1040 Å². The zero-order valence-corrected chi connectivity index (χ0v) is 121. The van der Waals surface area contributed by atoms with Crippen LogP contribution in [0, 0.1) is 11.3 Å². The summed E-state index contributed by atoms with van der Waals surface area (Å²) < 4.78 is -22.5. The molecule has 0 spiro atoms. The summed E-state index contributed by atoms with van der Waals surface area (Å²) in [6.07, 6.45) is 0. The van der Waals surface area contributed by atoms with E-state index in [4.69, 9.17) is 1050 Å². The van der Waals surface area contributed by atoms with Gasteiger partial charge < -0.3 is 0 Å². The average Bonchev–Trinajstić information content (AvgIpc) is 3.32. The third kappa shape index (κ3) is 4780. The average molecular weight is 3620 g/mol. The predicted octanol–water partition coefficient (Wildman–Crippen LogP) is 60.1. The molecule has 1 nitrogen and oxygen atoms in total. The Bertz CT molecular complexity index is 780. The van der Waals surface area contributed by atoms with Gasteiger partial charge in [-0.15, -0.1) is 0 Å². The predicted molar refractivity (Wildman–Crippen MR) is 652 cm³/mol. The van der Waals surface area contributed by atoms with Crippen molar-refractivity contribution in [2.75, 3.05) is 0 Å². The van der Waals surface area contributed by atoms with E-state index in [2.05, 4.69) is 0 Å². The van der Waals surface area contributed by atoms with Gasteiger partial charge in [-0.25, -0.2) is 0 Å². The van der Waals surface area contributed by atoms with E-state index >= 15 is 0 Å². The number of hydrogen-bond donors (Lipinski definition) is 0. The zero-order chi connectivity index (χ0) is 110. The Kier molecular flexibility index (Phi) is 444. The summed E-state index contributed by atoms with van der Waals surface area (Å²) >= 11 is 432. The number of alkyl halides is 90. The molecule has 0 heterocycles. The van der Waals surface area contributed by atoms with Crippen molar-refractivity contribution in [3.8, 4) is 6.07 Å². The van der Waals surface area contributed by atoms with E-state index in [1.54, 1.807) is 6.07 Å². The Balaban J connectivity index is -0.0000000245. The Morgan fingerprint density at radius 1 is 0.0813 bits per heavy atom. The van der Waals surface area contributed by atoms with Crippen molar-refractivity contribution < 1.29 is 0 Å². The van der Waals surface area contributed by atoms with E-state index in [1.165, 1.54) is 6.92 Å². The Morgan fingerprint density at radius 2 is 0.0813 bits per heavy atom. The van der Waals surface area contributed by atoms with Gasteiger partial charge in [-0.2, -0.15) is 5.26 Å². The summed E-state index contributed by atoms with van der Waals surface area (Å²) in [5.74, 6) is 0. The first-order valence-electron chi connectivity index (χ1n) is 20.4. The van der Waals surface area contributed by atoms with Crippen LogP contribution in [0.2, 0.25) is 0 Å². The molecule has 0 unspecified atom stereocenters. The molecule has 0 radical (unpaired) electrons. The van der Waals surface area contributed by atoms with Crippen LogP contribution in [0.1, 0.15) is 6.92 Å². The molecule has 0 bridgehead atoms. The normalized spacial score (nSPS) is 8.85. The van der Waals surface area contributed by atoms with Gasteiger partial charge in [0, 0.05) is 6.92 Å². The van der Waals surface area contributed by atoms with Gasteiger partial charge >= 0.3 is 0 Å². The smallest absolute Gasteiger partial charge is 0.180 e. The highest BCUT2D eigenvalue weighted by Crippen LogP contribution is 2.15. The molecule has 0 aromatic rings. The number of rotatable bonds is 0. The standard InChI is InChI=1S/C2H3N.30CHCl3/c1-2-3;30*2-1(3)4/h1H3;30*1H. The summed E-state index contributed by atoms with van der Waals surface area (Å²) in [6.45, 7) is 1.43. The molecule has 0 aliphatic heterocycles. The molecule has 123 heavy (non-hydrogen) atoms. The summed E-state index contributed by atoms with van der Waals surface area (Å²) in [5.41, 5.74) is 0. The Labute approximate surface area is 1170 Å². The molecule has 0 aliphatic carbocycles. The fourth-order valence-electron chi connectivity index (χ4n) is 0. The van der Waals surface area contributed by atoms with Gasteiger partial charge in [-0.3, -0.25) is 0 Å². The fraction of sp³-hybridized carbons (Fsp3) is 0.969. The van der Waals surface area contributed by atoms with Crippen LogP contribution < -0.4 is 0 Å². The summed E-state index contributed by atoms with van der Waals surface area (Å²) in [7, 11) is 0. The van der Waals surface area contributed by atoms with E-state index in [-0.39, 0.29) is 0 Å². The molecule has 0 fully saturated rings. The third-order valence-corrected chi connectivity index (χ3v) is 0. The molecule has 0 aromatic heterocycles. The van der Waals surface area contributed by atoms with Crippen molar-refractivity contribution in [2.24, 2.45) is 0 Å². The first-order valence-corrected chi connectivity index (χ1v) is 59.6. The van der Waals surface area contributed by atoms with Gasteiger partial charge in [-0.1, -0.05) is 1040 Å². The Hall–Kier alpha value is 25.6. The first kappa shape index (κ1) is 234. The second-order valence-corrected chi connectivity index (χ2v) is 67.0. The third-order valence-electron chi connectivity index (χ3n) is 0. The molecule has 0 aromatic carbocycles. The topological polar surface area (TPSA) is 23.8 Å². The zero-order valence-electron chi connectivity index (χ0n) is 53.3. The van der Waals surface area contributed by atoms with Crippen LogP contribution in [0.15, 0.2) is 0 Å². The highest BCUT2D eigenvalue weighted by Gasteiger charge is 1.89. The molecular weight excluding hydrogens is 3590 g/mol. The van der Waals surface area contributed by atoms with E-state index in [0.717, 1.165) is 0 Å². The van der Waals surface area contributed by atoms with Crippen LogP contribution in [-0.2, 0) is 0 Å². The maximum Gasteiger partial charge on any atom is 0.180 e. The minimum absolute atomic E-state index is 0.750. The number of halogens is 90. The maximum absolute atomic E-state index is 7.32. The molecule has 796 valence electrons. The molecule has 0 N–H and O–H groups in total. The van der Waals surface area contributed by atoms with Gasteiger partial charge in [-0.05, 0) is 0 Å². The minimum atomic E-state index is -0.750. The van der Waals surface area contributed by atoms with E-state index < -0.39 is 129 Å². The van der Waals surface area contributed by atoms with Crippen molar-refractivity contribution in [1.82, 2.24) is 0 Å². The molecular formula is C32H33Cl90N. The van der Waals surface area contributed by atoms with Crippen molar-refractivity contribution in [2.45, 2.75) is 136 Å². The fourth-order valence-corrected chi connectivity index (χ4v) is 0. The molecule has 0 atom stereocenters.